The summed E-state index contributed by atoms with van der Waals surface area (Å²) in [5.41, 5.74) is 0. The van der Waals surface area contributed by atoms with E-state index in [9.17, 15) is 9.90 Å². The Morgan fingerprint density at radius 2 is 1.35 bits per heavy atom. The van der Waals surface area contributed by atoms with Crippen LogP contribution in [0.3, 0.4) is 0 Å². The maximum atomic E-state index is 10.2. The number of aliphatic hydroxyl groups is 1. The van der Waals surface area contributed by atoms with Gasteiger partial charge in [0.15, 0.2) is 0 Å². The number of aliphatic carboxylic acids is 1. The van der Waals surface area contributed by atoms with Crippen molar-refractivity contribution in [3.63, 3.8) is 0 Å². The van der Waals surface area contributed by atoms with Crippen LogP contribution in [-0.4, -0.2) is 22.3 Å². The largest absolute Gasteiger partial charge is 0.478 e. The van der Waals surface area contributed by atoms with Crippen LogP contribution in [0, 0.1) is 0 Å². The maximum absolute atomic E-state index is 10.2. The number of rotatable bonds is 14. The highest BCUT2D eigenvalue weighted by atomic mass is 16.4. The lowest BCUT2D eigenvalue weighted by atomic mass is 10.1. The van der Waals surface area contributed by atoms with Gasteiger partial charge in [-0.05, 0) is 6.42 Å². The lowest BCUT2D eigenvalue weighted by Gasteiger charge is -2.05. The summed E-state index contributed by atoms with van der Waals surface area (Å²) < 4.78 is 0. The Labute approximate surface area is 141 Å². The minimum absolute atomic E-state index is 0.379. The fourth-order valence-electron chi connectivity index (χ4n) is 2.17. The first-order valence-corrected chi connectivity index (χ1v) is 8.76. The second-order valence-electron chi connectivity index (χ2n) is 5.68. The van der Waals surface area contributed by atoms with Crippen molar-refractivity contribution in [1.82, 2.24) is 0 Å². The molecule has 0 saturated carbocycles. The summed E-state index contributed by atoms with van der Waals surface area (Å²) in [4.78, 5) is 10.2. The quantitative estimate of drug-likeness (QED) is 0.263. The van der Waals surface area contributed by atoms with Crippen LogP contribution >= 0.6 is 0 Å². The molecule has 0 amide bonds. The van der Waals surface area contributed by atoms with E-state index in [1.807, 2.05) is 12.2 Å². The second kappa shape index (κ2) is 16.8. The van der Waals surface area contributed by atoms with Crippen LogP contribution in [-0.2, 0) is 4.79 Å². The molecule has 0 fully saturated rings. The summed E-state index contributed by atoms with van der Waals surface area (Å²) in [5, 5.41) is 18.2. The molecule has 0 saturated heterocycles. The fraction of sp³-hybridized carbons (Fsp3) is 0.550. The Morgan fingerprint density at radius 3 is 1.96 bits per heavy atom. The summed E-state index contributed by atoms with van der Waals surface area (Å²) in [6.45, 7) is 2.23. The minimum Gasteiger partial charge on any atom is -0.478 e. The number of aliphatic hydroxyl groups excluding tert-OH is 1. The predicted molar refractivity (Wildman–Crippen MR) is 97.4 cm³/mol. The van der Waals surface area contributed by atoms with E-state index in [-0.39, 0.29) is 6.10 Å². The van der Waals surface area contributed by atoms with Crippen LogP contribution in [0.1, 0.15) is 64.7 Å². The Hall–Kier alpha value is -1.61. The number of unbranched alkanes of at least 4 members (excludes halogenated alkanes) is 7. The van der Waals surface area contributed by atoms with E-state index >= 15 is 0 Å². The molecular formula is C20H32O3. The van der Waals surface area contributed by atoms with E-state index in [2.05, 4.69) is 6.92 Å². The third-order valence-electron chi connectivity index (χ3n) is 3.48. The van der Waals surface area contributed by atoms with Crippen LogP contribution in [0.25, 0.3) is 0 Å². The molecule has 0 heterocycles. The molecular weight excluding hydrogens is 288 g/mol. The first-order chi connectivity index (χ1) is 11.2. The molecule has 0 aromatic carbocycles. The third kappa shape index (κ3) is 18.3. The standard InChI is InChI=1S/C20H32O3/c1-2-3-4-5-6-7-10-13-16-19(21)17-14-11-8-9-12-15-18-20(22)23/h8-9,11-12,14-15,17-19,21H,2-7,10,13,16H2,1H3,(H,22,23). The highest BCUT2D eigenvalue weighted by Crippen LogP contribution is 2.11. The monoisotopic (exact) mass is 320 g/mol. The highest BCUT2D eigenvalue weighted by molar-refractivity contribution is 5.80. The van der Waals surface area contributed by atoms with Gasteiger partial charge >= 0.3 is 5.97 Å². The molecule has 130 valence electrons. The number of allylic oxidation sites excluding steroid dienone is 6. The van der Waals surface area contributed by atoms with Gasteiger partial charge in [0.2, 0.25) is 0 Å². The van der Waals surface area contributed by atoms with Crippen molar-refractivity contribution in [3.05, 3.63) is 48.6 Å². The van der Waals surface area contributed by atoms with Crippen LogP contribution in [0.4, 0.5) is 0 Å². The van der Waals surface area contributed by atoms with E-state index in [0.717, 1.165) is 18.9 Å². The van der Waals surface area contributed by atoms with Gasteiger partial charge in [-0.3, -0.25) is 0 Å². The van der Waals surface area contributed by atoms with E-state index in [1.165, 1.54) is 51.0 Å². The molecule has 0 rings (SSSR count). The average molecular weight is 320 g/mol. The van der Waals surface area contributed by atoms with E-state index in [1.54, 1.807) is 24.3 Å². The number of carbonyl (C=O) groups is 1. The van der Waals surface area contributed by atoms with Crippen molar-refractivity contribution in [3.8, 4) is 0 Å². The van der Waals surface area contributed by atoms with Crippen molar-refractivity contribution in [2.45, 2.75) is 70.8 Å². The predicted octanol–water partition coefficient (Wildman–Crippen LogP) is 5.19. The molecule has 1 atom stereocenters. The SMILES string of the molecule is CCCCCCCCCCC(O)C=CC=CC=CC=CC(=O)O. The van der Waals surface area contributed by atoms with Crippen molar-refractivity contribution >= 4 is 5.97 Å². The van der Waals surface area contributed by atoms with Crippen LogP contribution in [0.15, 0.2) is 48.6 Å². The van der Waals surface area contributed by atoms with Crippen LogP contribution < -0.4 is 0 Å². The molecule has 0 radical (unpaired) electrons. The highest BCUT2D eigenvalue weighted by Gasteiger charge is 1.98. The molecule has 23 heavy (non-hydrogen) atoms. The lowest BCUT2D eigenvalue weighted by molar-refractivity contribution is -0.131. The van der Waals surface area contributed by atoms with Crippen LogP contribution in [0.5, 0.6) is 0 Å². The first-order valence-electron chi connectivity index (χ1n) is 8.76. The average Bonchev–Trinajstić information content (AvgIpc) is 2.52. The van der Waals surface area contributed by atoms with Gasteiger partial charge in [0.1, 0.15) is 0 Å². The third-order valence-corrected chi connectivity index (χ3v) is 3.48. The zero-order chi connectivity index (χ0) is 17.2. The molecule has 3 nitrogen and oxygen atoms in total. The van der Waals surface area contributed by atoms with Gasteiger partial charge < -0.3 is 10.2 Å². The molecule has 0 aliphatic carbocycles. The first kappa shape index (κ1) is 21.4. The summed E-state index contributed by atoms with van der Waals surface area (Å²) in [6.07, 6.45) is 23.8. The Kier molecular flexibility index (Phi) is 15.6. The zero-order valence-electron chi connectivity index (χ0n) is 14.4. The molecule has 0 aromatic rings. The van der Waals surface area contributed by atoms with Crippen LogP contribution in [0.2, 0.25) is 0 Å². The molecule has 0 bridgehead atoms. The molecule has 0 spiro atoms. The van der Waals surface area contributed by atoms with Gasteiger partial charge in [-0.2, -0.15) is 0 Å². The summed E-state index contributed by atoms with van der Waals surface area (Å²) >= 11 is 0. The summed E-state index contributed by atoms with van der Waals surface area (Å²) in [7, 11) is 0. The van der Waals surface area contributed by atoms with Crippen molar-refractivity contribution < 1.29 is 15.0 Å². The van der Waals surface area contributed by atoms with Gasteiger partial charge in [0, 0.05) is 6.08 Å². The molecule has 3 heteroatoms. The van der Waals surface area contributed by atoms with E-state index in [0.29, 0.717) is 0 Å². The normalized spacial score (nSPS) is 13.8. The van der Waals surface area contributed by atoms with Gasteiger partial charge in [0.05, 0.1) is 6.10 Å². The minimum atomic E-state index is -0.956. The van der Waals surface area contributed by atoms with Crippen molar-refractivity contribution in [1.29, 1.82) is 0 Å². The summed E-state index contributed by atoms with van der Waals surface area (Å²) in [5.74, 6) is -0.956. The van der Waals surface area contributed by atoms with Gasteiger partial charge in [-0.25, -0.2) is 4.79 Å². The molecule has 0 aliphatic rings. The number of hydrogen-bond acceptors (Lipinski definition) is 2. The molecule has 0 aliphatic heterocycles. The maximum Gasteiger partial charge on any atom is 0.328 e. The smallest absolute Gasteiger partial charge is 0.328 e. The number of carboxylic acid groups (broad SMARTS) is 1. The Balaban J connectivity index is 3.57. The van der Waals surface area contributed by atoms with Crippen molar-refractivity contribution in [2.24, 2.45) is 0 Å². The lowest BCUT2D eigenvalue weighted by Crippen LogP contribution is -2.01. The number of carboxylic acids is 1. The van der Waals surface area contributed by atoms with E-state index < -0.39 is 5.97 Å². The van der Waals surface area contributed by atoms with Gasteiger partial charge in [-0.1, -0.05) is 101 Å². The zero-order valence-corrected chi connectivity index (χ0v) is 14.4. The second-order valence-corrected chi connectivity index (χ2v) is 5.68. The topological polar surface area (TPSA) is 57.5 Å². The number of hydrogen-bond donors (Lipinski definition) is 2. The summed E-state index contributed by atoms with van der Waals surface area (Å²) in [6, 6.07) is 0. The van der Waals surface area contributed by atoms with E-state index in [4.69, 9.17) is 5.11 Å². The molecule has 1 unspecified atom stereocenters. The Morgan fingerprint density at radius 1 is 0.826 bits per heavy atom. The molecule has 2 N–H and O–H groups in total. The fourth-order valence-corrected chi connectivity index (χ4v) is 2.17. The van der Waals surface area contributed by atoms with Gasteiger partial charge in [-0.15, -0.1) is 0 Å². The van der Waals surface area contributed by atoms with Crippen molar-refractivity contribution in [2.75, 3.05) is 0 Å². The van der Waals surface area contributed by atoms with Gasteiger partial charge in [0.25, 0.3) is 0 Å². The Bertz CT molecular complexity index is 392. The molecule has 0 aromatic heterocycles.